The molecule has 0 saturated carbocycles. The van der Waals surface area contributed by atoms with Crippen molar-refractivity contribution in [3.63, 3.8) is 0 Å². The van der Waals surface area contributed by atoms with Crippen LogP contribution in [0.4, 0.5) is 0 Å². The lowest BCUT2D eigenvalue weighted by Crippen LogP contribution is -2.34. The van der Waals surface area contributed by atoms with Gasteiger partial charge in [-0.3, -0.25) is 4.90 Å². The molecule has 0 aromatic heterocycles. The number of hydrogen-bond acceptors (Lipinski definition) is 3. The van der Waals surface area contributed by atoms with Crippen molar-refractivity contribution in [1.29, 1.82) is 0 Å². The van der Waals surface area contributed by atoms with Gasteiger partial charge in [-0.2, -0.15) is 0 Å². The van der Waals surface area contributed by atoms with Gasteiger partial charge in [-0.15, -0.1) is 0 Å². The topological polar surface area (TPSA) is 38.5 Å². The maximum absolute atomic E-state index is 5.65. The second-order valence-corrected chi connectivity index (χ2v) is 5.01. The molecule has 100 valence electrons. The summed E-state index contributed by atoms with van der Waals surface area (Å²) in [6.07, 6.45) is 5.05. The van der Waals surface area contributed by atoms with E-state index in [1.807, 2.05) is 12.1 Å². The fraction of sp³-hybridized carbons (Fsp3) is 0.600. The highest BCUT2D eigenvalue weighted by atomic mass is 16.5. The van der Waals surface area contributed by atoms with Gasteiger partial charge in [0.15, 0.2) is 0 Å². The summed E-state index contributed by atoms with van der Waals surface area (Å²) in [4.78, 5) is 2.55. The molecular formula is C15H24N2O. The quantitative estimate of drug-likeness (QED) is 0.837. The summed E-state index contributed by atoms with van der Waals surface area (Å²) < 4.78 is 5.17. The van der Waals surface area contributed by atoms with E-state index in [0.29, 0.717) is 0 Å². The van der Waals surface area contributed by atoms with E-state index in [-0.39, 0.29) is 0 Å². The first kappa shape index (κ1) is 13.4. The van der Waals surface area contributed by atoms with Gasteiger partial charge in [0.2, 0.25) is 0 Å². The van der Waals surface area contributed by atoms with Crippen molar-refractivity contribution in [2.45, 2.75) is 31.7 Å². The van der Waals surface area contributed by atoms with Crippen molar-refractivity contribution in [1.82, 2.24) is 4.90 Å². The monoisotopic (exact) mass is 248 g/mol. The molecule has 0 spiro atoms. The Labute approximate surface area is 110 Å². The molecule has 1 aromatic carbocycles. The van der Waals surface area contributed by atoms with E-state index in [0.717, 1.165) is 31.3 Å². The van der Waals surface area contributed by atoms with Gasteiger partial charge in [-0.1, -0.05) is 12.1 Å². The third-order valence-corrected chi connectivity index (χ3v) is 3.84. The maximum Gasteiger partial charge on any atom is 0.118 e. The first-order valence-electron chi connectivity index (χ1n) is 6.90. The van der Waals surface area contributed by atoms with E-state index >= 15 is 0 Å². The Morgan fingerprint density at radius 1 is 1.33 bits per heavy atom. The van der Waals surface area contributed by atoms with Gasteiger partial charge >= 0.3 is 0 Å². The van der Waals surface area contributed by atoms with Crippen LogP contribution >= 0.6 is 0 Å². The zero-order chi connectivity index (χ0) is 12.8. The zero-order valence-electron chi connectivity index (χ0n) is 11.3. The molecule has 1 unspecified atom stereocenters. The summed E-state index contributed by atoms with van der Waals surface area (Å²) in [6, 6.07) is 9.15. The molecule has 1 aliphatic heterocycles. The number of likely N-dealkylation sites (tertiary alicyclic amines) is 1. The van der Waals surface area contributed by atoms with Gasteiger partial charge < -0.3 is 10.5 Å². The Morgan fingerprint density at radius 3 is 2.78 bits per heavy atom. The zero-order valence-corrected chi connectivity index (χ0v) is 11.3. The molecule has 1 aromatic rings. The number of aryl methyl sites for hydroxylation is 1. The Bertz CT molecular complexity index is 350. The lowest BCUT2D eigenvalue weighted by molar-refractivity contribution is 0.250. The lowest BCUT2D eigenvalue weighted by Gasteiger charge is -2.23. The Morgan fingerprint density at radius 2 is 2.11 bits per heavy atom. The van der Waals surface area contributed by atoms with Crippen LogP contribution < -0.4 is 10.5 Å². The van der Waals surface area contributed by atoms with Crippen molar-refractivity contribution in [3.05, 3.63) is 29.8 Å². The fourth-order valence-electron chi connectivity index (χ4n) is 2.81. The molecule has 3 heteroatoms. The third kappa shape index (κ3) is 3.47. The number of ether oxygens (including phenoxy) is 1. The summed E-state index contributed by atoms with van der Waals surface area (Å²) in [5.74, 6) is 0.935. The van der Waals surface area contributed by atoms with Crippen LogP contribution in [0.1, 0.15) is 24.8 Å². The molecule has 0 aliphatic carbocycles. The van der Waals surface area contributed by atoms with Gasteiger partial charge in [0.05, 0.1) is 7.11 Å². The van der Waals surface area contributed by atoms with E-state index in [9.17, 15) is 0 Å². The van der Waals surface area contributed by atoms with E-state index in [1.54, 1.807) is 7.11 Å². The Kier molecular flexibility index (Phi) is 5.02. The predicted octanol–water partition coefficient (Wildman–Crippen LogP) is 2.05. The molecule has 1 aliphatic rings. The van der Waals surface area contributed by atoms with Gasteiger partial charge in [-0.25, -0.2) is 0 Å². The van der Waals surface area contributed by atoms with Gasteiger partial charge in [0.25, 0.3) is 0 Å². The average molecular weight is 248 g/mol. The molecule has 1 atom stereocenters. The highest BCUT2D eigenvalue weighted by Gasteiger charge is 2.22. The molecule has 18 heavy (non-hydrogen) atoms. The second kappa shape index (κ2) is 6.76. The van der Waals surface area contributed by atoms with Crippen LogP contribution in [0.15, 0.2) is 24.3 Å². The van der Waals surface area contributed by atoms with Gasteiger partial charge in [0.1, 0.15) is 5.75 Å². The summed E-state index contributed by atoms with van der Waals surface area (Å²) in [7, 11) is 1.71. The molecule has 1 fully saturated rings. The number of nitrogens with two attached hydrogens (primary N) is 1. The second-order valence-electron chi connectivity index (χ2n) is 5.01. The summed E-state index contributed by atoms with van der Waals surface area (Å²) in [5.41, 5.74) is 7.05. The standard InChI is InChI=1S/C15H24N2O/c1-18-15-8-5-13(6-9-15)4-7-14-3-2-11-17(14)12-10-16/h5-6,8-9,14H,2-4,7,10-12,16H2,1H3. The number of rotatable bonds is 6. The molecule has 2 N–H and O–H groups in total. The largest absolute Gasteiger partial charge is 0.497 e. The van der Waals surface area contributed by atoms with Crippen LogP contribution in [-0.2, 0) is 6.42 Å². The minimum atomic E-state index is 0.732. The highest BCUT2D eigenvalue weighted by Crippen LogP contribution is 2.22. The predicted molar refractivity (Wildman–Crippen MR) is 75.0 cm³/mol. The first-order chi connectivity index (χ1) is 8.83. The van der Waals surface area contributed by atoms with Gasteiger partial charge in [0, 0.05) is 19.1 Å². The number of nitrogens with zero attached hydrogens (tertiary/aromatic N) is 1. The Hall–Kier alpha value is -1.06. The molecule has 0 amide bonds. The number of methoxy groups -OCH3 is 1. The Balaban J connectivity index is 1.82. The lowest BCUT2D eigenvalue weighted by atomic mass is 10.0. The van der Waals surface area contributed by atoms with E-state index in [1.165, 1.54) is 31.4 Å². The van der Waals surface area contributed by atoms with Crippen LogP contribution in [-0.4, -0.2) is 37.7 Å². The van der Waals surface area contributed by atoms with Crippen molar-refractivity contribution in [2.75, 3.05) is 26.7 Å². The molecule has 2 rings (SSSR count). The normalized spacial score (nSPS) is 20.2. The average Bonchev–Trinajstić information content (AvgIpc) is 2.85. The summed E-state index contributed by atoms with van der Waals surface area (Å²) in [6.45, 7) is 3.05. The SMILES string of the molecule is COc1ccc(CCC2CCCN2CCN)cc1. The first-order valence-corrected chi connectivity index (χ1v) is 6.90. The van der Waals surface area contributed by atoms with E-state index in [4.69, 9.17) is 10.5 Å². The summed E-state index contributed by atoms with van der Waals surface area (Å²) in [5, 5.41) is 0. The van der Waals surface area contributed by atoms with Crippen LogP contribution in [0.5, 0.6) is 5.75 Å². The minimum absolute atomic E-state index is 0.732. The van der Waals surface area contributed by atoms with E-state index < -0.39 is 0 Å². The molecule has 3 nitrogen and oxygen atoms in total. The minimum Gasteiger partial charge on any atom is -0.497 e. The van der Waals surface area contributed by atoms with Crippen LogP contribution in [0, 0.1) is 0 Å². The van der Waals surface area contributed by atoms with Crippen molar-refractivity contribution in [3.8, 4) is 5.75 Å². The molecular weight excluding hydrogens is 224 g/mol. The smallest absolute Gasteiger partial charge is 0.118 e. The van der Waals surface area contributed by atoms with Crippen molar-refractivity contribution in [2.24, 2.45) is 5.73 Å². The number of hydrogen-bond donors (Lipinski definition) is 1. The van der Waals surface area contributed by atoms with E-state index in [2.05, 4.69) is 17.0 Å². The highest BCUT2D eigenvalue weighted by molar-refractivity contribution is 5.27. The maximum atomic E-state index is 5.65. The number of benzene rings is 1. The van der Waals surface area contributed by atoms with Crippen LogP contribution in [0.2, 0.25) is 0 Å². The molecule has 0 radical (unpaired) electrons. The van der Waals surface area contributed by atoms with Crippen LogP contribution in [0.25, 0.3) is 0 Å². The fourth-order valence-corrected chi connectivity index (χ4v) is 2.81. The summed E-state index contributed by atoms with van der Waals surface area (Å²) >= 11 is 0. The molecule has 1 heterocycles. The third-order valence-electron chi connectivity index (χ3n) is 3.84. The molecule has 1 saturated heterocycles. The van der Waals surface area contributed by atoms with Gasteiger partial charge in [-0.05, 0) is 49.9 Å². The molecule has 0 bridgehead atoms. The van der Waals surface area contributed by atoms with Crippen molar-refractivity contribution >= 4 is 0 Å². The van der Waals surface area contributed by atoms with Crippen molar-refractivity contribution < 1.29 is 4.74 Å². The van der Waals surface area contributed by atoms with Crippen LogP contribution in [0.3, 0.4) is 0 Å².